The predicted molar refractivity (Wildman–Crippen MR) is 57.7 cm³/mol. The van der Waals surface area contributed by atoms with Crippen molar-refractivity contribution in [3.8, 4) is 0 Å². The maximum absolute atomic E-state index is 9.12. The molecular weight excluding hydrogens is 208 g/mol. The van der Waals surface area contributed by atoms with E-state index in [0.29, 0.717) is 0 Å². The highest BCUT2D eigenvalue weighted by molar-refractivity contribution is 4.86. The maximum atomic E-state index is 9.12. The van der Waals surface area contributed by atoms with E-state index in [0.717, 1.165) is 25.5 Å². The Hall–Kier alpha value is -0.980. The standard InChI is InChI=1S/C10H18N4O2/c1-8-3-14(4-9(6-15)16-8)5-10-11-7-12-13(10)2/h7-9,15H,3-6H2,1-2H3. The summed E-state index contributed by atoms with van der Waals surface area (Å²) in [6.07, 6.45) is 1.62. The van der Waals surface area contributed by atoms with Gasteiger partial charge in [0.05, 0.1) is 25.4 Å². The van der Waals surface area contributed by atoms with Crippen molar-refractivity contribution in [1.82, 2.24) is 19.7 Å². The number of aryl methyl sites for hydroxylation is 1. The molecule has 6 heteroatoms. The molecule has 0 bridgehead atoms. The molecule has 6 nitrogen and oxygen atoms in total. The maximum Gasteiger partial charge on any atom is 0.140 e. The molecule has 90 valence electrons. The highest BCUT2D eigenvalue weighted by Crippen LogP contribution is 2.12. The second-order valence-electron chi connectivity index (χ2n) is 4.25. The Morgan fingerprint density at radius 3 is 3.00 bits per heavy atom. The molecule has 1 aliphatic rings. The fourth-order valence-electron chi connectivity index (χ4n) is 2.03. The molecule has 2 rings (SSSR count). The third-order valence-corrected chi connectivity index (χ3v) is 2.78. The summed E-state index contributed by atoms with van der Waals surface area (Å²) in [6, 6.07) is 0. The molecule has 1 saturated heterocycles. The van der Waals surface area contributed by atoms with E-state index < -0.39 is 0 Å². The van der Waals surface area contributed by atoms with Crippen LogP contribution in [-0.4, -0.2) is 56.7 Å². The third kappa shape index (κ3) is 2.58. The summed E-state index contributed by atoms with van der Waals surface area (Å²) in [5.41, 5.74) is 0. The van der Waals surface area contributed by atoms with Crippen molar-refractivity contribution >= 4 is 0 Å². The first kappa shape index (κ1) is 11.5. The number of ether oxygens (including phenoxy) is 1. The molecule has 16 heavy (non-hydrogen) atoms. The first-order chi connectivity index (χ1) is 7.69. The molecule has 1 aromatic heterocycles. The molecule has 1 aliphatic heterocycles. The lowest BCUT2D eigenvalue weighted by Gasteiger charge is -2.35. The zero-order valence-electron chi connectivity index (χ0n) is 9.70. The molecule has 2 atom stereocenters. The van der Waals surface area contributed by atoms with Crippen molar-refractivity contribution in [3.05, 3.63) is 12.2 Å². The largest absolute Gasteiger partial charge is 0.394 e. The summed E-state index contributed by atoms with van der Waals surface area (Å²) < 4.78 is 7.35. The van der Waals surface area contributed by atoms with Crippen molar-refractivity contribution in [3.63, 3.8) is 0 Å². The average Bonchev–Trinajstić information content (AvgIpc) is 2.63. The van der Waals surface area contributed by atoms with Gasteiger partial charge in [0, 0.05) is 20.1 Å². The van der Waals surface area contributed by atoms with Crippen LogP contribution in [0.15, 0.2) is 6.33 Å². The highest BCUT2D eigenvalue weighted by Gasteiger charge is 2.25. The Morgan fingerprint density at radius 2 is 2.38 bits per heavy atom. The van der Waals surface area contributed by atoms with Crippen LogP contribution in [0.4, 0.5) is 0 Å². The normalized spacial score (nSPS) is 27.2. The van der Waals surface area contributed by atoms with E-state index >= 15 is 0 Å². The van der Waals surface area contributed by atoms with Crippen LogP contribution in [0.3, 0.4) is 0 Å². The minimum absolute atomic E-state index is 0.0691. The second-order valence-corrected chi connectivity index (χ2v) is 4.25. The van der Waals surface area contributed by atoms with E-state index in [4.69, 9.17) is 9.84 Å². The van der Waals surface area contributed by atoms with E-state index in [2.05, 4.69) is 15.0 Å². The smallest absolute Gasteiger partial charge is 0.140 e. The van der Waals surface area contributed by atoms with Crippen molar-refractivity contribution in [2.75, 3.05) is 19.7 Å². The summed E-state index contributed by atoms with van der Waals surface area (Å²) in [7, 11) is 1.88. The van der Waals surface area contributed by atoms with Crippen molar-refractivity contribution < 1.29 is 9.84 Å². The number of rotatable bonds is 3. The monoisotopic (exact) mass is 226 g/mol. The van der Waals surface area contributed by atoms with Crippen LogP contribution in [0.1, 0.15) is 12.7 Å². The molecule has 2 heterocycles. The van der Waals surface area contributed by atoms with E-state index in [-0.39, 0.29) is 18.8 Å². The van der Waals surface area contributed by atoms with E-state index in [1.807, 2.05) is 14.0 Å². The lowest BCUT2D eigenvalue weighted by molar-refractivity contribution is -0.0979. The van der Waals surface area contributed by atoms with Gasteiger partial charge in [0.25, 0.3) is 0 Å². The van der Waals surface area contributed by atoms with Gasteiger partial charge in [-0.25, -0.2) is 4.98 Å². The SMILES string of the molecule is CC1CN(Cc2ncnn2C)CC(CO)O1. The molecule has 0 saturated carbocycles. The summed E-state index contributed by atoms with van der Waals surface area (Å²) in [5.74, 6) is 0.936. The number of hydrogen-bond acceptors (Lipinski definition) is 5. The predicted octanol–water partition coefficient (Wildman–Crippen LogP) is -0.603. The molecule has 0 spiro atoms. The molecular formula is C10H18N4O2. The van der Waals surface area contributed by atoms with Crippen LogP contribution in [0, 0.1) is 0 Å². The van der Waals surface area contributed by atoms with Gasteiger partial charge >= 0.3 is 0 Å². The summed E-state index contributed by atoms with van der Waals surface area (Å²) in [4.78, 5) is 6.43. The van der Waals surface area contributed by atoms with Gasteiger partial charge in [0.15, 0.2) is 0 Å². The molecule has 0 radical (unpaired) electrons. The first-order valence-electron chi connectivity index (χ1n) is 5.50. The molecule has 0 aromatic carbocycles. The van der Waals surface area contributed by atoms with Gasteiger partial charge in [0.1, 0.15) is 12.2 Å². The summed E-state index contributed by atoms with van der Waals surface area (Å²) in [6.45, 7) is 4.45. The molecule has 1 aromatic rings. The van der Waals surface area contributed by atoms with Gasteiger partial charge in [0.2, 0.25) is 0 Å². The summed E-state index contributed by atoms with van der Waals surface area (Å²) >= 11 is 0. The Bertz CT molecular complexity index is 341. The quantitative estimate of drug-likeness (QED) is 0.745. The summed E-state index contributed by atoms with van der Waals surface area (Å²) in [5, 5.41) is 13.2. The second kappa shape index (κ2) is 4.90. The van der Waals surface area contributed by atoms with E-state index in [1.165, 1.54) is 0 Å². The van der Waals surface area contributed by atoms with Crippen molar-refractivity contribution in [1.29, 1.82) is 0 Å². The zero-order chi connectivity index (χ0) is 11.5. The number of aliphatic hydroxyl groups excluding tert-OH is 1. The Balaban J connectivity index is 1.96. The number of morpholine rings is 1. The Morgan fingerprint density at radius 1 is 1.56 bits per heavy atom. The number of nitrogens with zero attached hydrogens (tertiary/aromatic N) is 4. The van der Waals surface area contributed by atoms with Crippen molar-refractivity contribution in [2.24, 2.45) is 7.05 Å². The van der Waals surface area contributed by atoms with Gasteiger partial charge < -0.3 is 9.84 Å². The average molecular weight is 226 g/mol. The molecule has 2 unspecified atom stereocenters. The molecule has 0 aliphatic carbocycles. The van der Waals surface area contributed by atoms with Gasteiger partial charge in [-0.15, -0.1) is 0 Å². The van der Waals surface area contributed by atoms with Crippen LogP contribution in [0.5, 0.6) is 0 Å². The van der Waals surface area contributed by atoms with Crippen LogP contribution in [-0.2, 0) is 18.3 Å². The number of aliphatic hydroxyl groups is 1. The lowest BCUT2D eigenvalue weighted by atomic mass is 10.2. The topological polar surface area (TPSA) is 63.4 Å². The lowest BCUT2D eigenvalue weighted by Crippen LogP contribution is -2.47. The van der Waals surface area contributed by atoms with E-state index in [9.17, 15) is 0 Å². The number of aromatic nitrogens is 3. The molecule has 1 N–H and O–H groups in total. The van der Waals surface area contributed by atoms with Gasteiger partial charge in [-0.1, -0.05) is 0 Å². The van der Waals surface area contributed by atoms with Crippen LogP contribution in [0.25, 0.3) is 0 Å². The molecule has 1 fully saturated rings. The molecule has 0 amide bonds. The minimum atomic E-state index is -0.0861. The fourth-order valence-corrected chi connectivity index (χ4v) is 2.03. The first-order valence-corrected chi connectivity index (χ1v) is 5.50. The van der Waals surface area contributed by atoms with Crippen LogP contribution >= 0.6 is 0 Å². The highest BCUT2D eigenvalue weighted by atomic mass is 16.5. The Labute approximate surface area is 94.8 Å². The van der Waals surface area contributed by atoms with Crippen molar-refractivity contribution in [2.45, 2.75) is 25.7 Å². The van der Waals surface area contributed by atoms with Gasteiger partial charge in [-0.05, 0) is 6.92 Å². The Kier molecular flexibility index (Phi) is 3.52. The number of hydrogen-bond donors (Lipinski definition) is 1. The zero-order valence-corrected chi connectivity index (χ0v) is 9.70. The third-order valence-electron chi connectivity index (χ3n) is 2.78. The van der Waals surface area contributed by atoms with E-state index in [1.54, 1.807) is 11.0 Å². The minimum Gasteiger partial charge on any atom is -0.394 e. The van der Waals surface area contributed by atoms with Gasteiger partial charge in [-0.3, -0.25) is 9.58 Å². The van der Waals surface area contributed by atoms with Crippen LogP contribution < -0.4 is 0 Å². The van der Waals surface area contributed by atoms with Crippen LogP contribution in [0.2, 0.25) is 0 Å². The van der Waals surface area contributed by atoms with Gasteiger partial charge in [-0.2, -0.15) is 5.10 Å². The fraction of sp³-hybridized carbons (Fsp3) is 0.800.